The fourth-order valence-corrected chi connectivity index (χ4v) is 5.11. The Kier molecular flexibility index (Phi) is 6.70. The molecule has 1 aromatic heterocycles. The number of hydrogen-bond acceptors (Lipinski definition) is 5. The Morgan fingerprint density at radius 3 is 2.50 bits per heavy atom. The Balaban J connectivity index is 1.56. The second-order valence-corrected chi connectivity index (χ2v) is 9.93. The third-order valence-electron chi connectivity index (χ3n) is 5.99. The Labute approximate surface area is 199 Å². The smallest absolute Gasteiger partial charge is 0.339 e. The highest BCUT2D eigenvalue weighted by molar-refractivity contribution is 7.92. The van der Waals surface area contributed by atoms with E-state index in [-0.39, 0.29) is 16.1 Å². The lowest BCUT2D eigenvalue weighted by molar-refractivity contribution is 0.0697. The van der Waals surface area contributed by atoms with Crippen LogP contribution in [0.25, 0.3) is 5.57 Å². The lowest BCUT2D eigenvalue weighted by Gasteiger charge is -2.29. The SMILES string of the molecule is CCc1ccc(S(=O)(=O)Nc2cnc(N3CC=C(c4ccccc4C)CC3)c(C(=O)O)c2)cc1. The standard InChI is InChI=1S/C26H27N3O4S/c1-3-19-8-10-22(11-9-19)34(32,33)28-21-16-24(26(30)31)25(27-17-21)29-14-12-20(13-15-29)23-7-5-4-6-18(23)2/h4-12,16-17,28H,3,13-15H2,1-2H3,(H,30,31). The lowest BCUT2D eigenvalue weighted by Crippen LogP contribution is -2.31. The maximum absolute atomic E-state index is 12.8. The Morgan fingerprint density at radius 2 is 1.88 bits per heavy atom. The minimum Gasteiger partial charge on any atom is -0.478 e. The molecule has 0 bridgehead atoms. The number of pyridine rings is 1. The van der Waals surface area contributed by atoms with E-state index in [2.05, 4.69) is 34.8 Å². The van der Waals surface area contributed by atoms with Gasteiger partial charge >= 0.3 is 5.97 Å². The molecule has 2 N–H and O–H groups in total. The van der Waals surface area contributed by atoms with Gasteiger partial charge in [-0.05, 0) is 60.2 Å². The molecular formula is C26H27N3O4S. The summed E-state index contributed by atoms with van der Waals surface area (Å²) in [7, 11) is -3.87. The number of carboxylic acid groups (broad SMARTS) is 1. The molecule has 34 heavy (non-hydrogen) atoms. The maximum atomic E-state index is 12.8. The van der Waals surface area contributed by atoms with Crippen LogP contribution >= 0.6 is 0 Å². The van der Waals surface area contributed by atoms with Gasteiger partial charge in [-0.25, -0.2) is 18.2 Å². The van der Waals surface area contributed by atoms with Crippen LogP contribution in [0.15, 0.2) is 71.8 Å². The van der Waals surface area contributed by atoms with Crippen molar-refractivity contribution in [2.75, 3.05) is 22.7 Å². The summed E-state index contributed by atoms with van der Waals surface area (Å²) >= 11 is 0. The average Bonchev–Trinajstić information content (AvgIpc) is 2.84. The number of hydrogen-bond donors (Lipinski definition) is 2. The first-order valence-electron chi connectivity index (χ1n) is 11.1. The van der Waals surface area contributed by atoms with Crippen molar-refractivity contribution in [1.82, 2.24) is 4.98 Å². The highest BCUT2D eigenvalue weighted by atomic mass is 32.2. The molecule has 0 saturated heterocycles. The van der Waals surface area contributed by atoms with Gasteiger partial charge in [0.1, 0.15) is 11.4 Å². The first kappa shape index (κ1) is 23.5. The Bertz CT molecular complexity index is 1350. The van der Waals surface area contributed by atoms with Crippen molar-refractivity contribution in [3.05, 3.63) is 89.1 Å². The summed E-state index contributed by atoms with van der Waals surface area (Å²) in [6.07, 6.45) is 5.02. The van der Waals surface area contributed by atoms with Crippen molar-refractivity contribution < 1.29 is 18.3 Å². The molecule has 0 spiro atoms. The quantitative estimate of drug-likeness (QED) is 0.510. The summed E-state index contributed by atoms with van der Waals surface area (Å²) < 4.78 is 28.0. The molecule has 176 valence electrons. The zero-order valence-corrected chi connectivity index (χ0v) is 20.0. The first-order chi connectivity index (χ1) is 16.3. The van der Waals surface area contributed by atoms with Crippen LogP contribution in [0.1, 0.15) is 40.4 Å². The summed E-state index contributed by atoms with van der Waals surface area (Å²) in [4.78, 5) is 18.3. The summed E-state index contributed by atoms with van der Waals surface area (Å²) in [5.74, 6) is -0.840. The van der Waals surface area contributed by atoms with E-state index >= 15 is 0 Å². The third-order valence-corrected chi connectivity index (χ3v) is 7.39. The molecule has 4 rings (SSSR count). The van der Waals surface area contributed by atoms with E-state index in [9.17, 15) is 18.3 Å². The molecule has 0 aliphatic carbocycles. The second kappa shape index (κ2) is 9.69. The third kappa shape index (κ3) is 4.97. The highest BCUT2D eigenvalue weighted by Crippen LogP contribution is 2.29. The van der Waals surface area contributed by atoms with Crippen LogP contribution in [0.2, 0.25) is 0 Å². The van der Waals surface area contributed by atoms with Crippen LogP contribution < -0.4 is 9.62 Å². The Hall–Kier alpha value is -3.65. The number of carbonyl (C=O) groups is 1. The molecule has 2 aromatic carbocycles. The van der Waals surface area contributed by atoms with Crippen LogP contribution in [-0.4, -0.2) is 37.6 Å². The Morgan fingerprint density at radius 1 is 1.15 bits per heavy atom. The number of carboxylic acids is 1. The maximum Gasteiger partial charge on any atom is 0.339 e. The molecule has 0 unspecified atom stereocenters. The van der Waals surface area contributed by atoms with Gasteiger partial charge in [-0.1, -0.05) is 49.4 Å². The van der Waals surface area contributed by atoms with Crippen LogP contribution in [0.5, 0.6) is 0 Å². The molecule has 0 atom stereocenters. The summed E-state index contributed by atoms with van der Waals surface area (Å²) in [5.41, 5.74) is 4.71. The van der Waals surface area contributed by atoms with Crippen LogP contribution in [0, 0.1) is 6.92 Å². The molecule has 0 amide bonds. The topological polar surface area (TPSA) is 99.6 Å². The van der Waals surface area contributed by atoms with Gasteiger partial charge in [0.25, 0.3) is 10.0 Å². The van der Waals surface area contributed by atoms with Gasteiger partial charge in [-0.15, -0.1) is 0 Å². The molecule has 8 heteroatoms. The van der Waals surface area contributed by atoms with E-state index in [4.69, 9.17) is 0 Å². The minimum absolute atomic E-state index is 0.0470. The van der Waals surface area contributed by atoms with Crippen molar-refractivity contribution in [3.8, 4) is 0 Å². The number of nitrogens with zero attached hydrogens (tertiary/aromatic N) is 2. The lowest BCUT2D eigenvalue weighted by atomic mass is 9.95. The van der Waals surface area contributed by atoms with E-state index in [0.29, 0.717) is 18.9 Å². The summed E-state index contributed by atoms with van der Waals surface area (Å²) in [6, 6.07) is 16.1. The fraction of sp³-hybridized carbons (Fsp3) is 0.231. The van der Waals surface area contributed by atoms with Crippen molar-refractivity contribution in [2.45, 2.75) is 31.6 Å². The molecular weight excluding hydrogens is 450 g/mol. The molecule has 1 aliphatic heterocycles. The normalized spacial score (nSPS) is 13.9. The van der Waals surface area contributed by atoms with Crippen LogP contribution in [0.3, 0.4) is 0 Å². The predicted molar refractivity (Wildman–Crippen MR) is 134 cm³/mol. The van der Waals surface area contributed by atoms with E-state index < -0.39 is 16.0 Å². The number of nitrogens with one attached hydrogen (secondary N) is 1. The molecule has 3 aromatic rings. The van der Waals surface area contributed by atoms with E-state index in [1.807, 2.05) is 24.0 Å². The van der Waals surface area contributed by atoms with Crippen LogP contribution in [-0.2, 0) is 16.4 Å². The molecule has 7 nitrogen and oxygen atoms in total. The zero-order chi connectivity index (χ0) is 24.3. The number of rotatable bonds is 7. The zero-order valence-electron chi connectivity index (χ0n) is 19.2. The number of benzene rings is 2. The molecule has 0 fully saturated rings. The van der Waals surface area contributed by atoms with Gasteiger partial charge in [0.15, 0.2) is 0 Å². The highest BCUT2D eigenvalue weighted by Gasteiger charge is 2.23. The number of aromatic nitrogens is 1. The average molecular weight is 478 g/mol. The van der Waals surface area contributed by atoms with Crippen LogP contribution in [0.4, 0.5) is 11.5 Å². The second-order valence-electron chi connectivity index (χ2n) is 8.24. The van der Waals surface area contributed by atoms with Gasteiger partial charge in [-0.3, -0.25) is 4.72 Å². The summed E-state index contributed by atoms with van der Waals surface area (Å²) in [6.45, 7) is 5.20. The predicted octanol–water partition coefficient (Wildman–Crippen LogP) is 4.75. The largest absolute Gasteiger partial charge is 0.478 e. The van der Waals surface area contributed by atoms with Gasteiger partial charge in [0.2, 0.25) is 0 Å². The van der Waals surface area contributed by atoms with Gasteiger partial charge in [0, 0.05) is 13.1 Å². The summed E-state index contributed by atoms with van der Waals surface area (Å²) in [5, 5.41) is 9.80. The minimum atomic E-state index is -3.87. The van der Waals surface area contributed by atoms with Crippen molar-refractivity contribution in [1.29, 1.82) is 0 Å². The number of anilines is 2. The van der Waals surface area contributed by atoms with Gasteiger partial charge in [0.05, 0.1) is 16.8 Å². The molecule has 2 heterocycles. The van der Waals surface area contributed by atoms with E-state index in [0.717, 1.165) is 18.4 Å². The van der Waals surface area contributed by atoms with Gasteiger partial charge < -0.3 is 10.0 Å². The monoisotopic (exact) mass is 477 g/mol. The number of aromatic carboxylic acids is 1. The number of aryl methyl sites for hydroxylation is 2. The van der Waals surface area contributed by atoms with E-state index in [1.54, 1.807) is 12.1 Å². The van der Waals surface area contributed by atoms with Gasteiger partial charge in [-0.2, -0.15) is 0 Å². The number of sulfonamides is 1. The van der Waals surface area contributed by atoms with Crippen molar-refractivity contribution >= 4 is 33.1 Å². The molecule has 0 saturated carbocycles. The van der Waals surface area contributed by atoms with Crippen molar-refractivity contribution in [2.24, 2.45) is 0 Å². The van der Waals surface area contributed by atoms with Crippen molar-refractivity contribution in [3.63, 3.8) is 0 Å². The van der Waals surface area contributed by atoms with E-state index in [1.165, 1.54) is 41.1 Å². The molecule has 1 aliphatic rings. The molecule has 0 radical (unpaired) electrons. The fourth-order valence-electron chi connectivity index (χ4n) is 4.08. The first-order valence-corrected chi connectivity index (χ1v) is 12.6.